The number of H-pyrrole nitrogens is 1. The van der Waals surface area contributed by atoms with Crippen LogP contribution in [0.4, 0.5) is 0 Å². The van der Waals surface area contributed by atoms with Gasteiger partial charge in [-0.2, -0.15) is 0 Å². The maximum Gasteiger partial charge on any atom is 1.00 e. The summed E-state index contributed by atoms with van der Waals surface area (Å²) in [6.07, 6.45) is 3.94. The van der Waals surface area contributed by atoms with E-state index < -0.39 is 5.76 Å². The molecular weight excluding hydrogens is 551 g/mol. The zero-order chi connectivity index (χ0) is 29.4. The van der Waals surface area contributed by atoms with Crippen LogP contribution < -0.4 is 45.6 Å². The largest absolute Gasteiger partial charge is 1.00 e. The first-order valence-corrected chi connectivity index (χ1v) is 14.4. The van der Waals surface area contributed by atoms with E-state index in [-0.39, 0.29) is 42.1 Å². The van der Waals surface area contributed by atoms with Crippen LogP contribution in [0.5, 0.6) is 5.75 Å². The number of benzene rings is 3. The molecule has 0 radical (unpaired) electrons. The normalized spacial score (nSPS) is 13.6. The molecule has 3 aromatic carbocycles. The van der Waals surface area contributed by atoms with Crippen LogP contribution in [0, 0.1) is 6.92 Å². The van der Waals surface area contributed by atoms with Gasteiger partial charge >= 0.3 is 35.3 Å². The summed E-state index contributed by atoms with van der Waals surface area (Å²) in [7, 11) is 0. The topological polar surface area (TPSA) is 103 Å². The molecule has 0 saturated heterocycles. The Labute approximate surface area is 273 Å². The number of rotatable bonds is 7. The Morgan fingerprint density at radius 3 is 2.47 bits per heavy atom. The van der Waals surface area contributed by atoms with Crippen molar-refractivity contribution in [3.05, 3.63) is 116 Å². The van der Waals surface area contributed by atoms with Crippen LogP contribution in [0.3, 0.4) is 0 Å². The van der Waals surface area contributed by atoms with E-state index in [0.29, 0.717) is 23.6 Å². The van der Waals surface area contributed by atoms with E-state index in [9.17, 15) is 9.59 Å². The number of aromatic nitrogens is 4. The van der Waals surface area contributed by atoms with E-state index in [0.717, 1.165) is 70.6 Å². The van der Waals surface area contributed by atoms with Gasteiger partial charge in [-0.15, -0.1) is 0 Å². The number of ether oxygens (including phenoxy) is 1. The molecule has 0 atom stereocenters. The summed E-state index contributed by atoms with van der Waals surface area (Å²) in [5, 5.41) is 3.86. The van der Waals surface area contributed by atoms with Gasteiger partial charge < -0.3 is 6.16 Å². The van der Waals surface area contributed by atoms with Crippen LogP contribution in [0.15, 0.2) is 80.8 Å². The first kappa shape index (κ1) is 30.7. The summed E-state index contributed by atoms with van der Waals surface area (Å²) in [6, 6.07) is 21.8. The first-order chi connectivity index (χ1) is 20.2. The predicted molar refractivity (Wildman–Crippen MR) is 164 cm³/mol. The van der Waals surface area contributed by atoms with Gasteiger partial charge in [-0.25, -0.2) is 9.78 Å². The number of hydrogen-bond acceptors (Lipinski definition) is 6. The van der Waals surface area contributed by atoms with Crippen molar-refractivity contribution in [3.63, 3.8) is 0 Å². The third-order valence-electron chi connectivity index (χ3n) is 7.87. The zero-order valence-corrected chi connectivity index (χ0v) is 27.4. The van der Waals surface area contributed by atoms with Crippen molar-refractivity contribution >= 4 is 0 Å². The molecule has 8 nitrogen and oxygen atoms in total. The average molecular weight is 587 g/mol. The van der Waals surface area contributed by atoms with E-state index in [1.54, 1.807) is 4.57 Å². The minimum absolute atomic E-state index is 0. The van der Waals surface area contributed by atoms with Crippen LogP contribution in [0.2, 0.25) is 0 Å². The number of hydrogen-bond donors (Lipinski definition) is 1. The summed E-state index contributed by atoms with van der Waals surface area (Å²) < 4.78 is 12.6. The van der Waals surface area contributed by atoms with Gasteiger partial charge in [0, 0.05) is 17.5 Å². The average Bonchev–Trinajstić information content (AvgIpc) is 3.41. The molecule has 1 aliphatic heterocycles. The Hall–Kier alpha value is -3.72. The molecule has 1 aliphatic rings. The molecule has 9 heteroatoms. The summed E-state index contributed by atoms with van der Waals surface area (Å²) >= 11 is 0. The van der Waals surface area contributed by atoms with Crippen molar-refractivity contribution in [2.45, 2.75) is 65.4 Å². The molecule has 1 N–H and O–H groups in total. The standard InChI is InChI=1S/C34H34N4O4.Na.H/c1-5-8-29-28(32(39)38(21(2)35-29)25-15-16-30-24(20-25)17-18-34(3,4)41-30)19-22-11-13-23(14-12-22)26-9-6-7-10-27(26)31-36-33(40)42-37-31;;/h6-7,9-16,20H,5,8,17-19H2,1-4H3,(H,36,37,40);;/q;+1;-1. The van der Waals surface area contributed by atoms with E-state index >= 15 is 0 Å². The quantitative estimate of drug-likeness (QED) is 0.294. The fourth-order valence-corrected chi connectivity index (χ4v) is 5.72. The van der Waals surface area contributed by atoms with Gasteiger partial charge in [0.05, 0.1) is 11.4 Å². The molecule has 0 aliphatic carbocycles. The van der Waals surface area contributed by atoms with Gasteiger partial charge in [0.1, 0.15) is 17.2 Å². The molecule has 2 aromatic heterocycles. The van der Waals surface area contributed by atoms with Crippen molar-refractivity contribution < 1.29 is 40.2 Å². The minimum Gasteiger partial charge on any atom is -1.00 e. The Morgan fingerprint density at radius 1 is 1.02 bits per heavy atom. The van der Waals surface area contributed by atoms with Crippen LogP contribution in [0.25, 0.3) is 28.2 Å². The molecule has 0 spiro atoms. The fraction of sp³-hybridized carbons (Fsp3) is 0.294. The predicted octanol–water partition coefficient (Wildman–Crippen LogP) is 3.31. The maximum absolute atomic E-state index is 14.1. The molecule has 3 heterocycles. The summed E-state index contributed by atoms with van der Waals surface area (Å²) in [6.45, 7) is 8.21. The summed E-state index contributed by atoms with van der Waals surface area (Å²) in [5.74, 6) is 1.35. The number of fused-ring (bicyclic) bond motifs is 1. The van der Waals surface area contributed by atoms with Crippen LogP contribution >= 0.6 is 0 Å². The Morgan fingerprint density at radius 2 is 1.77 bits per heavy atom. The first-order valence-electron chi connectivity index (χ1n) is 14.4. The van der Waals surface area contributed by atoms with E-state index in [4.69, 9.17) is 14.2 Å². The van der Waals surface area contributed by atoms with Crippen LogP contribution in [0.1, 0.15) is 63.2 Å². The monoisotopic (exact) mass is 586 g/mol. The Bertz CT molecular complexity index is 1890. The molecule has 0 saturated carbocycles. The van der Waals surface area contributed by atoms with Gasteiger partial charge in [0.25, 0.3) is 5.56 Å². The van der Waals surface area contributed by atoms with Crippen LogP contribution in [-0.2, 0) is 19.3 Å². The smallest absolute Gasteiger partial charge is 1.00 e. The maximum atomic E-state index is 14.1. The van der Waals surface area contributed by atoms with Crippen LogP contribution in [-0.4, -0.2) is 25.3 Å². The molecule has 6 rings (SSSR count). The van der Waals surface area contributed by atoms with Gasteiger partial charge in [0.2, 0.25) is 0 Å². The fourth-order valence-electron chi connectivity index (χ4n) is 5.72. The van der Waals surface area contributed by atoms with E-state index in [2.05, 4.69) is 37.0 Å². The minimum atomic E-state index is -0.594. The third kappa shape index (κ3) is 6.32. The van der Waals surface area contributed by atoms with Crippen molar-refractivity contribution in [2.75, 3.05) is 0 Å². The van der Waals surface area contributed by atoms with Gasteiger partial charge in [0.15, 0.2) is 5.82 Å². The Balaban J connectivity index is 0.00000221. The molecular formula is C34H35N4NaO4. The van der Waals surface area contributed by atoms with Crippen molar-refractivity contribution in [3.8, 4) is 34.0 Å². The van der Waals surface area contributed by atoms with E-state index in [1.807, 2.05) is 67.6 Å². The second-order valence-corrected chi connectivity index (χ2v) is 11.5. The van der Waals surface area contributed by atoms with E-state index in [1.165, 1.54) is 0 Å². The van der Waals surface area contributed by atoms with Crippen molar-refractivity contribution in [2.24, 2.45) is 0 Å². The molecule has 5 aromatic rings. The second kappa shape index (κ2) is 12.5. The zero-order valence-electron chi connectivity index (χ0n) is 26.4. The number of nitrogens with zero attached hydrogens (tertiary/aromatic N) is 3. The SMILES string of the molecule is CCCc1nc(C)n(-c2ccc3c(c2)CCC(C)(C)O3)c(=O)c1Cc1ccc(-c2ccccc2-c2noc(=O)[nH]2)cc1.[H-].[Na+]. The van der Waals surface area contributed by atoms with Gasteiger partial charge in [-0.05, 0) is 80.5 Å². The summed E-state index contributed by atoms with van der Waals surface area (Å²) in [4.78, 5) is 33.2. The third-order valence-corrected chi connectivity index (χ3v) is 7.87. The van der Waals surface area contributed by atoms with Gasteiger partial charge in [-0.1, -0.05) is 67.0 Å². The second-order valence-electron chi connectivity index (χ2n) is 11.5. The molecule has 43 heavy (non-hydrogen) atoms. The van der Waals surface area contributed by atoms with Crippen molar-refractivity contribution in [1.82, 2.24) is 19.7 Å². The number of nitrogens with one attached hydrogen (secondary N) is 1. The van der Waals surface area contributed by atoms with Gasteiger partial charge in [-0.3, -0.25) is 18.9 Å². The molecule has 0 amide bonds. The molecule has 0 bridgehead atoms. The van der Waals surface area contributed by atoms with Crippen molar-refractivity contribution in [1.29, 1.82) is 0 Å². The molecule has 0 fully saturated rings. The number of aryl methyl sites for hydroxylation is 3. The molecule has 0 unspecified atom stereocenters. The Kier molecular flexibility index (Phi) is 8.92. The summed E-state index contributed by atoms with van der Waals surface area (Å²) in [5.41, 5.74) is 6.93. The molecule has 216 valence electrons. The number of aromatic amines is 1.